The molecule has 4 aromatic carbocycles. The summed E-state index contributed by atoms with van der Waals surface area (Å²) in [5.74, 6) is 0. The van der Waals surface area contributed by atoms with Crippen molar-refractivity contribution in [3.8, 4) is 0 Å². The van der Waals surface area contributed by atoms with Crippen LogP contribution in [0.5, 0.6) is 0 Å². The zero-order valence-corrected chi connectivity index (χ0v) is 17.2. The Morgan fingerprint density at radius 2 is 1.42 bits per heavy atom. The largest absolute Gasteiger partial charge is 1.00 e. The summed E-state index contributed by atoms with van der Waals surface area (Å²) in [6.45, 7) is -0.102. The molecule has 0 aromatic heterocycles. The van der Waals surface area contributed by atoms with Crippen molar-refractivity contribution in [3.05, 3.63) is 72.3 Å². The van der Waals surface area contributed by atoms with Crippen molar-refractivity contribution < 1.29 is 46.7 Å². The van der Waals surface area contributed by atoms with Gasteiger partial charge >= 0.3 is 40.0 Å². The molecule has 0 amide bonds. The second-order valence-electron chi connectivity index (χ2n) is 5.96. The van der Waals surface area contributed by atoms with E-state index in [0.717, 1.165) is 37.9 Å². The Bertz CT molecular complexity index is 1200. The van der Waals surface area contributed by atoms with Gasteiger partial charge in [-0.2, -0.15) is 8.42 Å². The summed E-state index contributed by atoms with van der Waals surface area (Å²) in [4.78, 5) is 0. The first kappa shape index (κ1) is 19.3. The molecule has 0 aliphatic heterocycles. The van der Waals surface area contributed by atoms with Gasteiger partial charge in [-0.1, -0.05) is 60.7 Å². The quantitative estimate of drug-likeness (QED) is 0.254. The van der Waals surface area contributed by atoms with Crippen molar-refractivity contribution in [1.29, 1.82) is 0 Å². The van der Waals surface area contributed by atoms with Crippen molar-refractivity contribution in [2.45, 2.75) is 6.42 Å². The molecule has 4 aromatic rings. The van der Waals surface area contributed by atoms with Crippen molar-refractivity contribution >= 4 is 42.7 Å². The second kappa shape index (κ2) is 7.64. The number of hydrogen-bond donors (Lipinski definition) is 1. The van der Waals surface area contributed by atoms with E-state index in [9.17, 15) is 8.42 Å². The van der Waals surface area contributed by atoms with Crippen molar-refractivity contribution in [2.24, 2.45) is 0 Å². The molecular weight excluding hydrogens is 359 g/mol. The molecule has 0 fully saturated rings. The second-order valence-corrected chi connectivity index (χ2v) is 7.05. The molecule has 0 bridgehead atoms. The van der Waals surface area contributed by atoms with Crippen LogP contribution in [0.4, 0.5) is 0 Å². The maximum Gasteiger partial charge on any atom is 1.00 e. The summed E-state index contributed by atoms with van der Waals surface area (Å²) < 4.78 is 35.1. The van der Waals surface area contributed by atoms with Crippen LogP contribution >= 0.6 is 0 Å². The number of rotatable bonds is 4. The van der Waals surface area contributed by atoms with Crippen LogP contribution < -0.4 is 29.6 Å². The Balaban J connectivity index is 0.00000196. The minimum absolute atomic E-state index is 0. The van der Waals surface area contributed by atoms with E-state index in [-0.39, 0.29) is 36.2 Å². The predicted octanol–water partition coefficient (Wildman–Crippen LogP) is 1.51. The molecule has 0 aliphatic rings. The van der Waals surface area contributed by atoms with E-state index >= 15 is 0 Å². The van der Waals surface area contributed by atoms with Gasteiger partial charge in [-0.25, -0.2) is 4.18 Å². The van der Waals surface area contributed by atoms with Gasteiger partial charge in [0.25, 0.3) is 0 Å². The molecule has 0 saturated carbocycles. The van der Waals surface area contributed by atoms with Gasteiger partial charge in [0.1, 0.15) is 0 Å². The number of hydrogen-bond acceptors (Lipinski definition) is 3. The first-order chi connectivity index (χ1) is 12.0. The molecule has 0 heterocycles. The molecule has 0 radical (unpaired) electrons. The van der Waals surface area contributed by atoms with Crippen LogP contribution in [0, 0.1) is 0 Å². The Morgan fingerprint density at radius 1 is 0.769 bits per heavy atom. The van der Waals surface area contributed by atoms with Crippen LogP contribution in [-0.2, 0) is 21.0 Å². The third kappa shape index (κ3) is 3.78. The summed E-state index contributed by atoms with van der Waals surface area (Å²) in [5.41, 5.74) is 1.02. The summed E-state index contributed by atoms with van der Waals surface area (Å²) in [5, 5.41) is 6.65. The summed E-state index contributed by atoms with van der Waals surface area (Å²) in [6.07, 6.45) is 0.385. The third-order valence-corrected chi connectivity index (χ3v) is 4.93. The van der Waals surface area contributed by atoms with Crippen molar-refractivity contribution in [2.75, 3.05) is 6.61 Å². The average Bonchev–Trinajstić information content (AvgIpc) is 2.60. The minimum atomic E-state index is -4.44. The normalized spacial score (nSPS) is 11.7. The van der Waals surface area contributed by atoms with Crippen LogP contribution in [0.2, 0.25) is 0 Å². The van der Waals surface area contributed by atoms with E-state index in [1.165, 1.54) is 0 Å². The van der Waals surface area contributed by atoms with Crippen LogP contribution in [0.3, 0.4) is 0 Å². The van der Waals surface area contributed by atoms with Crippen molar-refractivity contribution in [3.63, 3.8) is 0 Å². The molecule has 4 rings (SSSR count). The fourth-order valence-corrected chi connectivity index (χ4v) is 3.72. The van der Waals surface area contributed by atoms with Crippen molar-refractivity contribution in [1.82, 2.24) is 0 Å². The van der Waals surface area contributed by atoms with Crippen LogP contribution in [-0.4, -0.2) is 19.6 Å². The molecule has 0 spiro atoms. The Kier molecular flexibility index (Phi) is 5.67. The minimum Gasteiger partial charge on any atom is -0.264 e. The van der Waals surface area contributed by atoms with Crippen LogP contribution in [0.15, 0.2) is 66.7 Å². The molecule has 0 unspecified atom stereocenters. The van der Waals surface area contributed by atoms with E-state index in [1.807, 2.05) is 36.4 Å². The van der Waals surface area contributed by atoms with Gasteiger partial charge < -0.3 is 0 Å². The molecule has 6 heteroatoms. The summed E-state index contributed by atoms with van der Waals surface area (Å²) in [7, 11) is -4.44. The van der Waals surface area contributed by atoms with E-state index in [4.69, 9.17) is 4.55 Å². The SMILES string of the molecule is O=S(=O)(O)OCCc1c2ccccc2cc2c1ccc1ccccc12.[Na+]. The van der Waals surface area contributed by atoms with Gasteiger partial charge in [-0.15, -0.1) is 0 Å². The predicted molar refractivity (Wildman–Crippen MR) is 100 cm³/mol. The smallest absolute Gasteiger partial charge is 0.264 e. The topological polar surface area (TPSA) is 63.6 Å². The van der Waals surface area contributed by atoms with Gasteiger partial charge in [-0.3, -0.25) is 4.55 Å². The van der Waals surface area contributed by atoms with Crippen LogP contribution in [0.25, 0.3) is 32.3 Å². The van der Waals surface area contributed by atoms with E-state index in [1.54, 1.807) is 0 Å². The van der Waals surface area contributed by atoms with E-state index in [0.29, 0.717) is 6.42 Å². The van der Waals surface area contributed by atoms with Crippen LogP contribution in [0.1, 0.15) is 5.56 Å². The molecule has 0 atom stereocenters. The zero-order chi connectivity index (χ0) is 17.4. The van der Waals surface area contributed by atoms with Gasteiger partial charge in [0.2, 0.25) is 0 Å². The number of fused-ring (bicyclic) bond motifs is 4. The fourth-order valence-electron chi connectivity index (χ4n) is 3.43. The first-order valence-electron chi connectivity index (χ1n) is 7.97. The molecule has 1 N–H and O–H groups in total. The van der Waals surface area contributed by atoms with E-state index < -0.39 is 10.4 Å². The third-order valence-electron chi connectivity index (χ3n) is 4.47. The Labute approximate surface area is 174 Å². The number of benzene rings is 4. The maximum absolute atomic E-state index is 10.9. The fraction of sp³-hybridized carbons (Fsp3) is 0.100. The standard InChI is InChI=1S/C20H16O4S.Na/c21-25(22,23)24-12-11-19-17-8-4-2-6-15(17)13-20-16-7-3-1-5-14(16)9-10-18(19)20;/h1-10,13H,11-12H2,(H,21,22,23);/q;+1. The average molecular weight is 375 g/mol. The summed E-state index contributed by atoms with van der Waals surface area (Å²) in [6, 6.07) is 22.5. The van der Waals surface area contributed by atoms with Gasteiger partial charge in [0, 0.05) is 0 Å². The van der Waals surface area contributed by atoms with Gasteiger partial charge in [0.05, 0.1) is 6.61 Å². The molecule has 0 aliphatic carbocycles. The first-order valence-corrected chi connectivity index (χ1v) is 9.33. The molecule has 126 valence electrons. The monoisotopic (exact) mass is 375 g/mol. The molecule has 4 nitrogen and oxygen atoms in total. The van der Waals surface area contributed by atoms with Gasteiger partial charge in [-0.05, 0) is 50.4 Å². The summed E-state index contributed by atoms with van der Waals surface area (Å²) >= 11 is 0. The van der Waals surface area contributed by atoms with E-state index in [2.05, 4.69) is 34.5 Å². The molecule has 26 heavy (non-hydrogen) atoms. The molecule has 0 saturated heterocycles. The molecular formula is C20H16NaO4S+. The van der Waals surface area contributed by atoms with Gasteiger partial charge in [0.15, 0.2) is 0 Å². The Morgan fingerprint density at radius 3 is 2.15 bits per heavy atom. The maximum atomic E-state index is 10.9. The Hall–Kier alpha value is -1.47. The zero-order valence-electron chi connectivity index (χ0n) is 14.3.